The van der Waals surface area contributed by atoms with Crippen LogP contribution in [-0.4, -0.2) is 16.7 Å². The lowest BCUT2D eigenvalue weighted by Gasteiger charge is -2.19. The summed E-state index contributed by atoms with van der Waals surface area (Å²) in [4.78, 5) is 1.55. The monoisotopic (exact) mass is 279 g/mol. The predicted molar refractivity (Wildman–Crippen MR) is 76.4 cm³/mol. The molecule has 1 N–H and O–H groups in total. The Kier molecular flexibility index (Phi) is 3.72. The number of thiophene rings is 1. The van der Waals surface area contributed by atoms with Crippen molar-refractivity contribution in [3.05, 3.63) is 31.9 Å². The van der Waals surface area contributed by atoms with E-state index in [2.05, 4.69) is 33.9 Å². The van der Waals surface area contributed by atoms with Gasteiger partial charge in [-0.15, -0.1) is 21.5 Å². The van der Waals surface area contributed by atoms with Crippen molar-refractivity contribution in [2.75, 3.05) is 6.54 Å². The molecule has 0 saturated carbocycles. The van der Waals surface area contributed by atoms with Crippen molar-refractivity contribution >= 4 is 22.7 Å². The first-order valence-corrected chi connectivity index (χ1v) is 8.17. The van der Waals surface area contributed by atoms with Crippen LogP contribution in [0.25, 0.3) is 0 Å². The number of fused-ring (bicyclic) bond motifs is 1. The lowest BCUT2D eigenvalue weighted by atomic mass is 9.88. The van der Waals surface area contributed by atoms with E-state index in [1.54, 1.807) is 16.2 Å². The molecule has 0 amide bonds. The Labute approximate surface area is 115 Å². The van der Waals surface area contributed by atoms with Crippen LogP contribution in [0.15, 0.2) is 11.4 Å². The van der Waals surface area contributed by atoms with Crippen molar-refractivity contribution in [3.63, 3.8) is 0 Å². The second-order valence-corrected chi connectivity index (χ2v) is 6.65. The first-order chi connectivity index (χ1) is 8.88. The number of nitrogens with one attached hydrogen (secondary N) is 1. The molecule has 0 spiro atoms. The Morgan fingerprint density at radius 2 is 2.39 bits per heavy atom. The molecule has 1 aliphatic rings. The fourth-order valence-electron chi connectivity index (χ4n) is 2.45. The van der Waals surface area contributed by atoms with Crippen molar-refractivity contribution in [1.82, 2.24) is 15.5 Å². The van der Waals surface area contributed by atoms with E-state index in [-0.39, 0.29) is 0 Å². The minimum atomic E-state index is 0.493. The van der Waals surface area contributed by atoms with E-state index < -0.39 is 0 Å². The van der Waals surface area contributed by atoms with Crippen LogP contribution in [0.3, 0.4) is 0 Å². The van der Waals surface area contributed by atoms with Gasteiger partial charge in [0.15, 0.2) is 0 Å². The highest BCUT2D eigenvalue weighted by Gasteiger charge is 2.25. The first kappa shape index (κ1) is 12.3. The number of hydrogen-bond donors (Lipinski definition) is 1. The van der Waals surface area contributed by atoms with Crippen molar-refractivity contribution in [2.45, 2.75) is 38.6 Å². The van der Waals surface area contributed by atoms with E-state index >= 15 is 0 Å². The van der Waals surface area contributed by atoms with Gasteiger partial charge < -0.3 is 5.32 Å². The average Bonchev–Trinajstić information content (AvgIpc) is 3.04. The molecule has 2 aromatic rings. The third-order valence-electron chi connectivity index (χ3n) is 3.36. The lowest BCUT2D eigenvalue weighted by Crippen LogP contribution is -2.11. The Morgan fingerprint density at radius 1 is 1.44 bits per heavy atom. The van der Waals surface area contributed by atoms with E-state index in [1.165, 1.54) is 29.8 Å². The predicted octanol–water partition coefficient (Wildman–Crippen LogP) is 3.18. The molecule has 0 radical (unpaired) electrons. The Morgan fingerprint density at radius 3 is 3.28 bits per heavy atom. The normalized spacial score (nSPS) is 18.8. The summed E-state index contributed by atoms with van der Waals surface area (Å²) in [6, 6.07) is 2.27. The van der Waals surface area contributed by atoms with E-state index in [9.17, 15) is 0 Å². The van der Waals surface area contributed by atoms with Crippen molar-refractivity contribution in [2.24, 2.45) is 0 Å². The molecule has 1 atom stereocenters. The minimum absolute atomic E-state index is 0.493. The molecule has 2 heterocycles. The molecule has 0 saturated heterocycles. The summed E-state index contributed by atoms with van der Waals surface area (Å²) < 4.78 is 0. The van der Waals surface area contributed by atoms with Gasteiger partial charge in [-0.05, 0) is 42.8 Å². The fraction of sp³-hybridized carbons (Fsp3) is 0.538. The minimum Gasteiger partial charge on any atom is -0.311 e. The van der Waals surface area contributed by atoms with Gasteiger partial charge in [0.05, 0.1) is 0 Å². The molecule has 0 aromatic carbocycles. The van der Waals surface area contributed by atoms with Gasteiger partial charge in [0, 0.05) is 17.3 Å². The Bertz CT molecular complexity index is 518. The molecular weight excluding hydrogens is 262 g/mol. The highest BCUT2D eigenvalue weighted by molar-refractivity contribution is 7.11. The molecule has 0 bridgehead atoms. The molecule has 1 unspecified atom stereocenters. The summed E-state index contributed by atoms with van der Waals surface area (Å²) in [5.41, 5.74) is 1.50. The molecule has 96 valence electrons. The van der Waals surface area contributed by atoms with Crippen LogP contribution in [0.5, 0.6) is 0 Å². The van der Waals surface area contributed by atoms with Gasteiger partial charge in [-0.3, -0.25) is 0 Å². The Balaban J connectivity index is 1.82. The van der Waals surface area contributed by atoms with Crippen molar-refractivity contribution < 1.29 is 0 Å². The molecule has 5 heteroatoms. The van der Waals surface area contributed by atoms with Crippen molar-refractivity contribution in [1.29, 1.82) is 0 Å². The quantitative estimate of drug-likeness (QED) is 0.934. The molecule has 3 nitrogen and oxygen atoms in total. The number of hydrogen-bond acceptors (Lipinski definition) is 5. The molecule has 0 fully saturated rings. The average molecular weight is 279 g/mol. The van der Waals surface area contributed by atoms with Gasteiger partial charge in [-0.2, -0.15) is 0 Å². The maximum atomic E-state index is 4.40. The summed E-state index contributed by atoms with van der Waals surface area (Å²) in [6.07, 6.45) is 3.74. The van der Waals surface area contributed by atoms with Crippen LogP contribution >= 0.6 is 22.7 Å². The molecule has 18 heavy (non-hydrogen) atoms. The van der Waals surface area contributed by atoms with Crippen LogP contribution < -0.4 is 5.32 Å². The van der Waals surface area contributed by atoms with Crippen LogP contribution in [0.1, 0.15) is 46.1 Å². The molecule has 2 aromatic heterocycles. The standard InChI is InChI=1S/C13H17N3S2/c1-2-14-8-12-15-16-13(18-12)10-4-3-5-11-9(10)6-7-17-11/h6-7,10,14H,2-5,8H2,1H3. The Hall–Kier alpha value is -0.780. The summed E-state index contributed by atoms with van der Waals surface area (Å²) >= 11 is 3.65. The summed E-state index contributed by atoms with van der Waals surface area (Å²) in [6.45, 7) is 3.94. The SMILES string of the molecule is CCNCc1nnc(C2CCCc3sccc32)s1. The molecule has 1 aliphatic carbocycles. The third-order valence-corrected chi connectivity index (χ3v) is 5.39. The molecular formula is C13H17N3S2. The molecule has 3 rings (SSSR count). The van der Waals surface area contributed by atoms with Gasteiger partial charge in [0.1, 0.15) is 10.0 Å². The fourth-order valence-corrected chi connectivity index (χ4v) is 4.41. The van der Waals surface area contributed by atoms with E-state index in [0.29, 0.717) is 5.92 Å². The zero-order valence-electron chi connectivity index (χ0n) is 10.5. The highest BCUT2D eigenvalue weighted by Crippen LogP contribution is 2.39. The van der Waals surface area contributed by atoms with E-state index in [0.717, 1.165) is 18.1 Å². The van der Waals surface area contributed by atoms with Crippen LogP contribution in [0, 0.1) is 0 Å². The van der Waals surface area contributed by atoms with Crippen LogP contribution in [-0.2, 0) is 13.0 Å². The van der Waals surface area contributed by atoms with Gasteiger partial charge in [0.2, 0.25) is 0 Å². The van der Waals surface area contributed by atoms with E-state index in [4.69, 9.17) is 0 Å². The zero-order chi connectivity index (χ0) is 12.4. The summed E-state index contributed by atoms with van der Waals surface area (Å²) in [5.74, 6) is 0.493. The summed E-state index contributed by atoms with van der Waals surface area (Å²) in [5, 5.41) is 16.5. The largest absolute Gasteiger partial charge is 0.311 e. The van der Waals surface area contributed by atoms with E-state index in [1.807, 2.05) is 11.3 Å². The number of rotatable bonds is 4. The highest BCUT2D eigenvalue weighted by atomic mass is 32.1. The van der Waals surface area contributed by atoms with Gasteiger partial charge in [0.25, 0.3) is 0 Å². The van der Waals surface area contributed by atoms with Gasteiger partial charge in [-0.25, -0.2) is 0 Å². The maximum absolute atomic E-state index is 4.40. The second-order valence-electron chi connectivity index (χ2n) is 4.56. The maximum Gasteiger partial charge on any atom is 0.131 e. The van der Waals surface area contributed by atoms with Crippen molar-refractivity contribution in [3.8, 4) is 0 Å². The molecule has 0 aliphatic heterocycles. The number of aryl methyl sites for hydroxylation is 1. The topological polar surface area (TPSA) is 37.8 Å². The van der Waals surface area contributed by atoms with Crippen LogP contribution in [0.2, 0.25) is 0 Å². The van der Waals surface area contributed by atoms with Gasteiger partial charge in [-0.1, -0.05) is 18.3 Å². The second kappa shape index (κ2) is 5.47. The lowest BCUT2D eigenvalue weighted by molar-refractivity contribution is 0.616. The smallest absolute Gasteiger partial charge is 0.131 e. The zero-order valence-corrected chi connectivity index (χ0v) is 12.1. The van der Waals surface area contributed by atoms with Gasteiger partial charge >= 0.3 is 0 Å². The van der Waals surface area contributed by atoms with Crippen LogP contribution in [0.4, 0.5) is 0 Å². The summed E-state index contributed by atoms with van der Waals surface area (Å²) in [7, 11) is 0. The first-order valence-electron chi connectivity index (χ1n) is 6.47. The number of aromatic nitrogens is 2. The number of nitrogens with zero attached hydrogens (tertiary/aromatic N) is 2. The third kappa shape index (κ3) is 2.35.